The highest BCUT2D eigenvalue weighted by Gasteiger charge is 2.27. The fourth-order valence-corrected chi connectivity index (χ4v) is 2.45. The molecule has 94 valence electrons. The van der Waals surface area contributed by atoms with Crippen molar-refractivity contribution in [1.29, 1.82) is 0 Å². The molecule has 0 unspecified atom stereocenters. The van der Waals surface area contributed by atoms with Crippen molar-refractivity contribution < 1.29 is 8.78 Å². The van der Waals surface area contributed by atoms with Crippen molar-refractivity contribution in [3.63, 3.8) is 0 Å². The van der Waals surface area contributed by atoms with E-state index in [1.54, 1.807) is 0 Å². The van der Waals surface area contributed by atoms with Crippen molar-refractivity contribution in [3.8, 4) is 0 Å². The number of hydrogen-bond donors (Lipinski definition) is 2. The molecule has 1 saturated heterocycles. The predicted molar refractivity (Wildman–Crippen MR) is 63.9 cm³/mol. The van der Waals surface area contributed by atoms with Crippen LogP contribution in [0.3, 0.4) is 0 Å². The van der Waals surface area contributed by atoms with E-state index < -0.39 is 17.7 Å². The van der Waals surface area contributed by atoms with E-state index in [2.05, 4.69) is 5.32 Å². The van der Waals surface area contributed by atoms with E-state index in [0.29, 0.717) is 0 Å². The number of halogens is 3. The smallest absolute Gasteiger partial charge is 0.149 e. The summed E-state index contributed by atoms with van der Waals surface area (Å²) in [5.74, 6) is -1.24. The molecule has 0 saturated carbocycles. The Morgan fingerprint density at radius 3 is 2.59 bits per heavy atom. The molecule has 1 aromatic carbocycles. The molecular formula is C12H15ClF2N2. The Hall–Kier alpha value is -0.710. The lowest BCUT2D eigenvalue weighted by Gasteiger charge is -2.28. The standard InChI is InChI=1S/C12H15ClF2N2/c13-8-1-2-9(14)10(11(8)15)12(16)7-3-5-17-6-4-7/h1-2,7,12,17H,3-6,16H2/t12-/m1/s1. The number of nitrogens with two attached hydrogens (primary N) is 1. The molecule has 1 heterocycles. The van der Waals surface area contributed by atoms with Crippen LogP contribution in [0.1, 0.15) is 24.4 Å². The summed E-state index contributed by atoms with van der Waals surface area (Å²) in [7, 11) is 0. The molecule has 2 nitrogen and oxygen atoms in total. The number of hydrogen-bond acceptors (Lipinski definition) is 2. The maximum absolute atomic E-state index is 13.8. The lowest BCUT2D eigenvalue weighted by atomic mass is 9.86. The number of rotatable bonds is 2. The summed E-state index contributed by atoms with van der Waals surface area (Å²) in [6.07, 6.45) is 1.65. The highest BCUT2D eigenvalue weighted by Crippen LogP contribution is 2.32. The first-order valence-electron chi connectivity index (χ1n) is 5.71. The Bertz CT molecular complexity index is 406. The zero-order valence-corrected chi connectivity index (χ0v) is 10.1. The first-order valence-corrected chi connectivity index (χ1v) is 6.08. The Morgan fingerprint density at radius 2 is 1.94 bits per heavy atom. The summed E-state index contributed by atoms with van der Waals surface area (Å²) < 4.78 is 27.4. The Labute approximate surface area is 104 Å². The molecule has 1 aliphatic rings. The van der Waals surface area contributed by atoms with Crippen molar-refractivity contribution in [3.05, 3.63) is 34.4 Å². The van der Waals surface area contributed by atoms with Gasteiger partial charge in [-0.3, -0.25) is 0 Å². The van der Waals surface area contributed by atoms with Gasteiger partial charge in [-0.25, -0.2) is 8.78 Å². The molecular weight excluding hydrogens is 246 g/mol. The second kappa shape index (κ2) is 5.29. The molecule has 17 heavy (non-hydrogen) atoms. The normalized spacial score (nSPS) is 19.3. The second-order valence-electron chi connectivity index (χ2n) is 4.37. The van der Waals surface area contributed by atoms with Crippen molar-refractivity contribution in [2.75, 3.05) is 13.1 Å². The van der Waals surface area contributed by atoms with Gasteiger partial charge in [-0.1, -0.05) is 11.6 Å². The van der Waals surface area contributed by atoms with Crippen molar-refractivity contribution in [1.82, 2.24) is 5.32 Å². The molecule has 0 aliphatic carbocycles. The molecule has 0 aromatic heterocycles. The maximum Gasteiger partial charge on any atom is 0.149 e. The molecule has 0 radical (unpaired) electrons. The van der Waals surface area contributed by atoms with Crippen molar-refractivity contribution in [2.24, 2.45) is 11.7 Å². The van der Waals surface area contributed by atoms with Crippen LogP contribution in [0.4, 0.5) is 8.78 Å². The zero-order valence-electron chi connectivity index (χ0n) is 9.35. The van der Waals surface area contributed by atoms with E-state index in [9.17, 15) is 8.78 Å². The van der Waals surface area contributed by atoms with Crippen LogP contribution in [-0.2, 0) is 0 Å². The van der Waals surface area contributed by atoms with Gasteiger partial charge in [0.05, 0.1) is 5.02 Å². The predicted octanol–water partition coefficient (Wildman–Crippen LogP) is 2.62. The van der Waals surface area contributed by atoms with Gasteiger partial charge in [0.1, 0.15) is 11.6 Å². The molecule has 1 aromatic rings. The van der Waals surface area contributed by atoms with E-state index >= 15 is 0 Å². The maximum atomic E-state index is 13.8. The van der Waals surface area contributed by atoms with Gasteiger partial charge in [-0.2, -0.15) is 0 Å². The van der Waals surface area contributed by atoms with Crippen LogP contribution in [0.5, 0.6) is 0 Å². The summed E-state index contributed by atoms with van der Waals surface area (Å²) in [5.41, 5.74) is 5.89. The molecule has 5 heteroatoms. The van der Waals surface area contributed by atoms with Crippen LogP contribution >= 0.6 is 11.6 Å². The third-order valence-corrected chi connectivity index (χ3v) is 3.60. The van der Waals surface area contributed by atoms with Gasteiger partial charge in [-0.05, 0) is 44.0 Å². The fourth-order valence-electron chi connectivity index (χ4n) is 2.29. The quantitative estimate of drug-likeness (QED) is 0.803. The molecule has 0 bridgehead atoms. The van der Waals surface area contributed by atoms with E-state index in [1.165, 1.54) is 12.1 Å². The van der Waals surface area contributed by atoms with Gasteiger partial charge in [0, 0.05) is 11.6 Å². The minimum Gasteiger partial charge on any atom is -0.324 e. The van der Waals surface area contributed by atoms with Gasteiger partial charge in [0.25, 0.3) is 0 Å². The van der Waals surface area contributed by atoms with E-state index in [1.807, 2.05) is 0 Å². The monoisotopic (exact) mass is 260 g/mol. The minimum atomic E-state index is -0.724. The molecule has 0 amide bonds. The van der Waals surface area contributed by atoms with E-state index in [4.69, 9.17) is 17.3 Å². The lowest BCUT2D eigenvalue weighted by molar-refractivity contribution is 0.311. The van der Waals surface area contributed by atoms with Crippen LogP contribution < -0.4 is 11.1 Å². The number of nitrogens with one attached hydrogen (secondary N) is 1. The lowest BCUT2D eigenvalue weighted by Crippen LogP contribution is -2.34. The van der Waals surface area contributed by atoms with Gasteiger partial charge in [-0.15, -0.1) is 0 Å². The summed E-state index contributed by atoms with van der Waals surface area (Å²) in [5, 5.41) is 3.11. The summed E-state index contributed by atoms with van der Waals surface area (Å²) in [6.45, 7) is 1.67. The summed E-state index contributed by atoms with van der Waals surface area (Å²) in [4.78, 5) is 0. The molecule has 0 spiro atoms. The molecule has 2 rings (SSSR count). The first kappa shape index (κ1) is 12.7. The SMILES string of the molecule is N[C@@H](c1c(F)ccc(Cl)c1F)C1CCNCC1. The first-order chi connectivity index (χ1) is 8.11. The zero-order chi connectivity index (χ0) is 12.4. The van der Waals surface area contributed by atoms with Gasteiger partial charge < -0.3 is 11.1 Å². The molecule has 3 N–H and O–H groups in total. The van der Waals surface area contributed by atoms with Gasteiger partial charge in [0.15, 0.2) is 0 Å². The summed E-state index contributed by atoms with van der Waals surface area (Å²) in [6, 6.07) is 1.75. The molecule has 1 atom stereocenters. The van der Waals surface area contributed by atoms with Crippen molar-refractivity contribution >= 4 is 11.6 Å². The molecule has 1 aliphatic heterocycles. The third kappa shape index (κ3) is 2.59. The minimum absolute atomic E-state index is 0.0780. The van der Waals surface area contributed by atoms with Crippen LogP contribution in [0.2, 0.25) is 5.02 Å². The third-order valence-electron chi connectivity index (χ3n) is 3.30. The average Bonchev–Trinajstić information content (AvgIpc) is 2.35. The summed E-state index contributed by atoms with van der Waals surface area (Å²) >= 11 is 5.66. The fraction of sp³-hybridized carbons (Fsp3) is 0.500. The van der Waals surface area contributed by atoms with Gasteiger partial charge >= 0.3 is 0 Å². The van der Waals surface area contributed by atoms with E-state index in [0.717, 1.165) is 25.9 Å². The van der Waals surface area contributed by atoms with Crippen LogP contribution in [0, 0.1) is 17.6 Å². The van der Waals surface area contributed by atoms with Crippen molar-refractivity contribution in [2.45, 2.75) is 18.9 Å². The van der Waals surface area contributed by atoms with Crippen LogP contribution in [0.15, 0.2) is 12.1 Å². The highest BCUT2D eigenvalue weighted by molar-refractivity contribution is 6.30. The molecule has 1 fully saturated rings. The Balaban J connectivity index is 2.29. The number of piperidine rings is 1. The Kier molecular flexibility index (Phi) is 3.97. The van der Waals surface area contributed by atoms with Crippen LogP contribution in [0.25, 0.3) is 0 Å². The van der Waals surface area contributed by atoms with Crippen LogP contribution in [-0.4, -0.2) is 13.1 Å². The largest absolute Gasteiger partial charge is 0.324 e. The Morgan fingerprint density at radius 1 is 1.29 bits per heavy atom. The average molecular weight is 261 g/mol. The topological polar surface area (TPSA) is 38.0 Å². The second-order valence-corrected chi connectivity index (χ2v) is 4.78. The van der Waals surface area contributed by atoms with Gasteiger partial charge in [0.2, 0.25) is 0 Å². The highest BCUT2D eigenvalue weighted by atomic mass is 35.5. The van der Waals surface area contributed by atoms with E-state index in [-0.39, 0.29) is 16.5 Å². The number of benzene rings is 1.